The number of fused-ring (bicyclic) bond motifs is 4. The molecule has 2 bridgehead atoms. The van der Waals surface area contributed by atoms with Crippen LogP contribution in [0.2, 0.25) is 0 Å². The van der Waals surface area contributed by atoms with E-state index >= 15 is 0 Å². The van der Waals surface area contributed by atoms with Crippen LogP contribution in [0.25, 0.3) is 0 Å². The van der Waals surface area contributed by atoms with E-state index in [1.54, 1.807) is 0 Å². The van der Waals surface area contributed by atoms with E-state index in [0.717, 1.165) is 6.04 Å². The first-order chi connectivity index (χ1) is 4.79. The van der Waals surface area contributed by atoms with E-state index in [9.17, 15) is 0 Å². The molecule has 0 saturated carbocycles. The Hall–Kier alpha value is 1.27. The fourth-order valence-electron chi connectivity index (χ4n) is 1.81. The minimum absolute atomic E-state index is 0. The highest BCUT2D eigenvalue weighted by molar-refractivity contribution is 9.58. The second kappa shape index (κ2) is 3.99. The average Bonchev–Trinajstić information content (AvgIpc) is 2.19. The summed E-state index contributed by atoms with van der Waals surface area (Å²) in [6.07, 6.45) is 2.83. The molecule has 3 aliphatic heterocycles. The maximum absolute atomic E-state index is 3.93. The Morgan fingerprint density at radius 2 is 1.82 bits per heavy atom. The fourth-order valence-corrected chi connectivity index (χ4v) is 5.92. The number of hydrogen-bond acceptors (Lipinski definition) is 1. The lowest BCUT2D eigenvalue weighted by Crippen LogP contribution is -2.30. The smallest absolute Gasteiger partial charge is 0.00825 e. The highest BCUT2D eigenvalue weighted by atomic mass is 79.9. The predicted molar refractivity (Wildman–Crippen MR) is 62.5 cm³/mol. The van der Waals surface area contributed by atoms with Crippen molar-refractivity contribution in [3.05, 3.63) is 0 Å². The van der Waals surface area contributed by atoms with Crippen molar-refractivity contribution in [1.29, 1.82) is 0 Å². The zero-order valence-electron chi connectivity index (χ0n) is 6.51. The van der Waals surface area contributed by atoms with Crippen molar-refractivity contribution in [2.45, 2.75) is 18.9 Å². The van der Waals surface area contributed by atoms with E-state index in [0.29, 0.717) is 0 Å². The van der Waals surface area contributed by atoms with E-state index < -0.39 is 0 Å². The Labute approximate surface area is 88.0 Å². The molecule has 3 heterocycles. The van der Waals surface area contributed by atoms with Crippen LogP contribution in [0.5, 0.6) is 0 Å². The lowest BCUT2D eigenvalue weighted by molar-refractivity contribution is 0.511. The minimum Gasteiger partial charge on any atom is -0.313 e. The van der Waals surface area contributed by atoms with Gasteiger partial charge in [0.1, 0.15) is 0 Å². The van der Waals surface area contributed by atoms with Crippen LogP contribution in [0.3, 0.4) is 0 Å². The highest BCUT2D eigenvalue weighted by Gasteiger charge is 2.31. The molecule has 1 nitrogen and oxygen atoms in total. The minimum atomic E-state index is -0.299. The summed E-state index contributed by atoms with van der Waals surface area (Å²) in [5.41, 5.74) is 0. The van der Waals surface area contributed by atoms with Gasteiger partial charge in [0.25, 0.3) is 0 Å². The third kappa shape index (κ3) is 2.36. The molecule has 0 radical (unpaired) electrons. The second-order valence-corrected chi connectivity index (χ2v) is 10.5. The van der Waals surface area contributed by atoms with Gasteiger partial charge in [0.05, 0.1) is 0 Å². The summed E-state index contributed by atoms with van der Waals surface area (Å²) in [6, 6.07) is 0.862. The molecule has 3 saturated heterocycles. The zero-order valence-corrected chi connectivity index (χ0v) is 10.6. The topological polar surface area (TPSA) is 12.0 Å². The molecule has 1 N–H and O–H groups in total. The summed E-state index contributed by atoms with van der Waals surface area (Å²) < 4.78 is 0. The van der Waals surface area contributed by atoms with Gasteiger partial charge in [-0.15, -0.1) is 17.0 Å². The van der Waals surface area contributed by atoms with Gasteiger partial charge < -0.3 is 5.32 Å². The molecular formula is C7H15Br2NS. The van der Waals surface area contributed by atoms with Gasteiger partial charge in [-0.25, -0.2) is 0 Å². The van der Waals surface area contributed by atoms with Crippen LogP contribution in [0.4, 0.5) is 0 Å². The summed E-state index contributed by atoms with van der Waals surface area (Å²) in [4.78, 5) is 0. The molecule has 0 aromatic carbocycles. The van der Waals surface area contributed by atoms with Crippen molar-refractivity contribution >= 4 is 40.3 Å². The third-order valence-corrected chi connectivity index (χ3v) is 8.35. The van der Waals surface area contributed by atoms with E-state index in [2.05, 4.69) is 20.1 Å². The van der Waals surface area contributed by atoms with Crippen molar-refractivity contribution < 1.29 is 0 Å². The molecule has 3 rings (SSSR count). The van der Waals surface area contributed by atoms with Crippen molar-refractivity contribution in [2.24, 2.45) is 0 Å². The van der Waals surface area contributed by atoms with Gasteiger partial charge in [0.15, 0.2) is 0 Å². The molecule has 11 heavy (non-hydrogen) atoms. The monoisotopic (exact) mass is 303 g/mol. The maximum Gasteiger partial charge on any atom is 0.00825 e. The zero-order chi connectivity index (χ0) is 7.03. The molecule has 3 aliphatic rings. The van der Waals surface area contributed by atoms with Crippen LogP contribution in [-0.4, -0.2) is 29.8 Å². The van der Waals surface area contributed by atoms with Gasteiger partial charge in [-0.05, 0) is 44.9 Å². The maximum atomic E-state index is 3.93. The second-order valence-electron chi connectivity index (χ2n) is 3.28. The Morgan fingerprint density at radius 1 is 1.18 bits per heavy atom. The van der Waals surface area contributed by atoms with E-state index in [-0.39, 0.29) is 25.4 Å². The van der Waals surface area contributed by atoms with Crippen molar-refractivity contribution in [3.8, 4) is 0 Å². The molecule has 0 aliphatic carbocycles. The lowest BCUT2D eigenvalue weighted by atomic mass is 10.2. The number of hydrogen-bond donors (Lipinski definition) is 1. The molecule has 0 aromatic rings. The summed E-state index contributed by atoms with van der Waals surface area (Å²) in [5.74, 6) is 4.33. The van der Waals surface area contributed by atoms with Crippen LogP contribution in [-0.2, 0) is 0 Å². The molecule has 68 valence electrons. The van der Waals surface area contributed by atoms with E-state index in [1.165, 1.54) is 36.6 Å². The van der Waals surface area contributed by atoms with Gasteiger partial charge in [0, 0.05) is 12.6 Å². The molecular weight excluding hydrogens is 290 g/mol. The Balaban J connectivity index is 0.000000605. The van der Waals surface area contributed by atoms with Gasteiger partial charge in [-0.1, -0.05) is 0 Å². The molecule has 3 fully saturated rings. The molecule has 0 atom stereocenters. The van der Waals surface area contributed by atoms with Crippen molar-refractivity contribution in [3.63, 3.8) is 0 Å². The fraction of sp³-hybridized carbons (Fsp3) is 1.00. The first kappa shape index (κ1) is 10.4. The summed E-state index contributed by atoms with van der Waals surface area (Å²) >= 11 is 3.93. The summed E-state index contributed by atoms with van der Waals surface area (Å²) in [5, 5.41) is 3.59. The van der Waals surface area contributed by atoms with Gasteiger partial charge in [-0.3, -0.25) is 0 Å². The van der Waals surface area contributed by atoms with E-state index in [1.807, 2.05) is 0 Å². The highest BCUT2D eigenvalue weighted by Crippen LogP contribution is 2.59. The normalized spacial score (nSPS) is 48.6. The molecule has 0 spiro atoms. The molecule has 0 aromatic heterocycles. The molecule has 4 heteroatoms. The summed E-state index contributed by atoms with van der Waals surface area (Å²) in [7, 11) is -0.299. The molecule has 0 unspecified atom stereocenters. The number of rotatable bonds is 0. The number of halogens is 2. The van der Waals surface area contributed by atoms with Gasteiger partial charge in [-0.2, -0.15) is 8.46 Å². The van der Waals surface area contributed by atoms with Crippen LogP contribution in [0.1, 0.15) is 12.8 Å². The van der Waals surface area contributed by atoms with Crippen LogP contribution in [0, 0.1) is 0 Å². The van der Waals surface area contributed by atoms with Gasteiger partial charge >= 0.3 is 0 Å². The van der Waals surface area contributed by atoms with Crippen LogP contribution in [0.15, 0.2) is 0 Å². The summed E-state index contributed by atoms with van der Waals surface area (Å²) in [6.45, 7) is 1.26. The van der Waals surface area contributed by atoms with Crippen LogP contribution < -0.4 is 5.32 Å². The van der Waals surface area contributed by atoms with Crippen molar-refractivity contribution in [2.75, 3.05) is 23.8 Å². The Bertz CT molecular complexity index is 129. The third-order valence-electron chi connectivity index (χ3n) is 2.57. The predicted octanol–water partition coefficient (Wildman–Crippen LogP) is 2.44. The first-order valence-corrected chi connectivity index (χ1v) is 7.96. The van der Waals surface area contributed by atoms with Crippen molar-refractivity contribution in [1.82, 2.24) is 5.32 Å². The van der Waals surface area contributed by atoms with Crippen LogP contribution >= 0.6 is 40.3 Å². The largest absolute Gasteiger partial charge is 0.313 e. The Kier molecular flexibility index (Phi) is 3.75. The van der Waals surface area contributed by atoms with Gasteiger partial charge in [0.2, 0.25) is 0 Å². The SMILES string of the molecule is Br.BrS12CCNC(CC1)CC2. The average molecular weight is 305 g/mol. The first-order valence-electron chi connectivity index (χ1n) is 3.98. The number of nitrogens with one attached hydrogen (secondary N) is 1. The lowest BCUT2D eigenvalue weighted by Gasteiger charge is -2.35. The standard InChI is InChI=1S/C7H14BrNS.BrH/c8-10-4-1-7(2-5-10)9-3-6-10;/h7,9H,1-6H2;1H. The quantitative estimate of drug-likeness (QED) is 0.725. The molecule has 0 amide bonds. The Morgan fingerprint density at radius 3 is 2.45 bits per heavy atom. The van der Waals surface area contributed by atoms with E-state index in [4.69, 9.17) is 0 Å².